The fourth-order valence-corrected chi connectivity index (χ4v) is 2.77. The Hall–Kier alpha value is -3.26. The number of anilines is 3. The van der Waals surface area contributed by atoms with Crippen LogP contribution in [0.4, 0.5) is 21.7 Å². The normalized spacial score (nSPS) is 10.5. The Morgan fingerprint density at radius 3 is 2.85 bits per heavy atom. The third kappa shape index (κ3) is 4.29. The molecule has 0 radical (unpaired) electrons. The number of methoxy groups -OCH3 is 1. The molecule has 1 aromatic heterocycles. The Morgan fingerprint density at radius 1 is 1.33 bits per heavy atom. The van der Waals surface area contributed by atoms with Gasteiger partial charge in [0.25, 0.3) is 5.91 Å². The molecule has 0 saturated heterocycles. The zero-order valence-electron chi connectivity index (χ0n) is 14.3. The second-order valence-corrected chi connectivity index (χ2v) is 6.07. The standard InChI is InChI=1S/C18H17ClFN5O2/c1-27-14-6-5-12(20)7-10(14)9-22-17-15(16(21)26)18(25-24-17)23-13-4-2-3-11(19)8-13/h2-8H,9H2,1H3,(H2,21,26)(H3,22,23,24,25). The van der Waals surface area contributed by atoms with Crippen LogP contribution in [-0.2, 0) is 6.54 Å². The van der Waals surface area contributed by atoms with Crippen molar-refractivity contribution in [2.75, 3.05) is 17.7 Å². The number of halogens is 2. The smallest absolute Gasteiger partial charge is 0.256 e. The largest absolute Gasteiger partial charge is 0.496 e. The summed E-state index contributed by atoms with van der Waals surface area (Å²) in [6.07, 6.45) is 0. The first-order valence-corrected chi connectivity index (χ1v) is 8.32. The Balaban J connectivity index is 1.83. The Labute approximate surface area is 159 Å². The Bertz CT molecular complexity index is 976. The van der Waals surface area contributed by atoms with Gasteiger partial charge in [-0.1, -0.05) is 17.7 Å². The van der Waals surface area contributed by atoms with Crippen LogP contribution < -0.4 is 21.1 Å². The van der Waals surface area contributed by atoms with E-state index in [4.69, 9.17) is 22.1 Å². The van der Waals surface area contributed by atoms with Crippen molar-refractivity contribution in [1.82, 2.24) is 10.2 Å². The van der Waals surface area contributed by atoms with E-state index in [-0.39, 0.29) is 17.9 Å². The number of ether oxygens (including phenoxy) is 1. The summed E-state index contributed by atoms with van der Waals surface area (Å²) in [7, 11) is 1.49. The molecule has 7 nitrogen and oxygen atoms in total. The summed E-state index contributed by atoms with van der Waals surface area (Å²) in [6.45, 7) is 0.183. The molecule has 1 heterocycles. The number of rotatable bonds is 7. The second kappa shape index (κ2) is 7.96. The predicted molar refractivity (Wildman–Crippen MR) is 102 cm³/mol. The molecule has 0 bridgehead atoms. The Morgan fingerprint density at radius 2 is 2.15 bits per heavy atom. The topological polar surface area (TPSA) is 105 Å². The second-order valence-electron chi connectivity index (χ2n) is 5.63. The Kier molecular flexibility index (Phi) is 5.46. The van der Waals surface area contributed by atoms with E-state index in [9.17, 15) is 9.18 Å². The van der Waals surface area contributed by atoms with Crippen LogP contribution in [0.15, 0.2) is 42.5 Å². The van der Waals surface area contributed by atoms with Crippen molar-refractivity contribution in [1.29, 1.82) is 0 Å². The van der Waals surface area contributed by atoms with Crippen molar-refractivity contribution in [2.45, 2.75) is 6.54 Å². The maximum absolute atomic E-state index is 13.5. The number of nitrogens with zero attached hydrogens (tertiary/aromatic N) is 1. The fourth-order valence-electron chi connectivity index (χ4n) is 2.58. The molecule has 3 aromatic rings. The van der Waals surface area contributed by atoms with E-state index in [2.05, 4.69) is 20.8 Å². The van der Waals surface area contributed by atoms with Crippen LogP contribution in [-0.4, -0.2) is 23.2 Å². The van der Waals surface area contributed by atoms with Crippen molar-refractivity contribution in [3.05, 3.63) is 64.4 Å². The minimum Gasteiger partial charge on any atom is -0.496 e. The lowest BCUT2D eigenvalue weighted by Gasteiger charge is -2.10. The van der Waals surface area contributed by atoms with Crippen molar-refractivity contribution in [3.63, 3.8) is 0 Å². The van der Waals surface area contributed by atoms with Gasteiger partial charge in [-0.25, -0.2) is 4.39 Å². The highest BCUT2D eigenvalue weighted by atomic mass is 35.5. The molecular formula is C18H17ClFN5O2. The maximum atomic E-state index is 13.5. The van der Waals surface area contributed by atoms with Crippen molar-refractivity contribution in [3.8, 4) is 5.75 Å². The molecule has 0 aliphatic heterocycles. The molecule has 0 saturated carbocycles. The molecule has 0 spiro atoms. The number of hydrogen-bond donors (Lipinski definition) is 4. The third-order valence-electron chi connectivity index (χ3n) is 3.80. The van der Waals surface area contributed by atoms with Gasteiger partial charge >= 0.3 is 0 Å². The number of amides is 1. The monoisotopic (exact) mass is 389 g/mol. The number of carbonyl (C=O) groups excluding carboxylic acids is 1. The molecule has 0 aliphatic rings. The van der Waals surface area contributed by atoms with Gasteiger partial charge < -0.3 is 21.1 Å². The van der Waals surface area contributed by atoms with Gasteiger partial charge in [0.05, 0.1) is 7.11 Å². The summed E-state index contributed by atoms with van der Waals surface area (Å²) >= 11 is 5.97. The van der Waals surface area contributed by atoms with Crippen LogP contribution in [0.5, 0.6) is 5.75 Å². The molecule has 1 amide bonds. The highest BCUT2D eigenvalue weighted by Crippen LogP contribution is 2.27. The lowest BCUT2D eigenvalue weighted by Crippen LogP contribution is -2.15. The number of carbonyl (C=O) groups is 1. The molecule has 3 rings (SSSR count). The molecule has 140 valence electrons. The van der Waals surface area contributed by atoms with E-state index in [1.54, 1.807) is 24.3 Å². The summed E-state index contributed by atoms with van der Waals surface area (Å²) in [4.78, 5) is 11.9. The number of H-pyrrole nitrogens is 1. The van der Waals surface area contributed by atoms with E-state index in [0.29, 0.717) is 27.8 Å². The van der Waals surface area contributed by atoms with Crippen molar-refractivity contribution >= 4 is 34.8 Å². The molecule has 0 unspecified atom stereocenters. The first-order chi connectivity index (χ1) is 13.0. The van der Waals surface area contributed by atoms with Gasteiger partial charge in [-0.15, -0.1) is 0 Å². The molecule has 0 fully saturated rings. The van der Waals surface area contributed by atoms with Crippen LogP contribution in [0, 0.1) is 5.82 Å². The summed E-state index contributed by atoms with van der Waals surface area (Å²) < 4.78 is 18.7. The average molecular weight is 390 g/mol. The van der Waals surface area contributed by atoms with Gasteiger partial charge in [-0.05, 0) is 36.4 Å². The van der Waals surface area contributed by atoms with E-state index >= 15 is 0 Å². The summed E-state index contributed by atoms with van der Waals surface area (Å²) in [5, 5.41) is 13.3. The minimum absolute atomic E-state index is 0.144. The highest BCUT2D eigenvalue weighted by Gasteiger charge is 2.19. The summed E-state index contributed by atoms with van der Waals surface area (Å²) in [6, 6.07) is 11.1. The number of hydrogen-bond acceptors (Lipinski definition) is 5. The molecule has 9 heteroatoms. The quantitative estimate of drug-likeness (QED) is 0.493. The lowest BCUT2D eigenvalue weighted by atomic mass is 10.2. The summed E-state index contributed by atoms with van der Waals surface area (Å²) in [5.74, 6) is -0.01000. The van der Waals surface area contributed by atoms with Crippen molar-refractivity contribution in [2.24, 2.45) is 5.73 Å². The van der Waals surface area contributed by atoms with Gasteiger partial charge in [-0.3, -0.25) is 9.89 Å². The molecule has 5 N–H and O–H groups in total. The number of benzene rings is 2. The molecule has 27 heavy (non-hydrogen) atoms. The van der Waals surface area contributed by atoms with Crippen LogP contribution in [0.25, 0.3) is 0 Å². The lowest BCUT2D eigenvalue weighted by molar-refractivity contribution is 0.100. The van der Waals surface area contributed by atoms with Crippen LogP contribution >= 0.6 is 11.6 Å². The maximum Gasteiger partial charge on any atom is 0.256 e. The summed E-state index contributed by atoms with van der Waals surface area (Å²) in [5.41, 5.74) is 6.88. The minimum atomic E-state index is -0.679. The van der Waals surface area contributed by atoms with Crippen LogP contribution in [0.2, 0.25) is 5.02 Å². The SMILES string of the molecule is COc1ccc(F)cc1CNc1n[nH]c(Nc2cccc(Cl)c2)c1C(N)=O. The molecular weight excluding hydrogens is 373 g/mol. The number of aromatic amines is 1. The van der Waals surface area contributed by atoms with E-state index < -0.39 is 11.7 Å². The zero-order chi connectivity index (χ0) is 19.4. The van der Waals surface area contributed by atoms with Crippen LogP contribution in [0.1, 0.15) is 15.9 Å². The van der Waals surface area contributed by atoms with Gasteiger partial charge in [0.1, 0.15) is 22.9 Å². The van der Waals surface area contributed by atoms with Crippen LogP contribution in [0.3, 0.4) is 0 Å². The average Bonchev–Trinajstić information content (AvgIpc) is 3.03. The number of nitrogens with one attached hydrogen (secondary N) is 3. The fraction of sp³-hybridized carbons (Fsp3) is 0.111. The molecule has 2 aromatic carbocycles. The number of primary amides is 1. The molecule has 0 aliphatic carbocycles. The van der Waals surface area contributed by atoms with Gasteiger partial charge in [0.2, 0.25) is 0 Å². The number of nitrogens with two attached hydrogens (primary N) is 1. The van der Waals surface area contributed by atoms with Gasteiger partial charge in [0.15, 0.2) is 5.82 Å². The first-order valence-electron chi connectivity index (χ1n) is 7.95. The van der Waals surface area contributed by atoms with Gasteiger partial charge in [0, 0.05) is 22.8 Å². The van der Waals surface area contributed by atoms with Gasteiger partial charge in [-0.2, -0.15) is 5.10 Å². The first kappa shape index (κ1) is 18.5. The highest BCUT2D eigenvalue weighted by molar-refractivity contribution is 6.30. The van der Waals surface area contributed by atoms with Crippen molar-refractivity contribution < 1.29 is 13.9 Å². The van der Waals surface area contributed by atoms with E-state index in [0.717, 1.165) is 0 Å². The predicted octanol–water partition coefficient (Wildman–Crippen LogP) is 3.67. The van der Waals surface area contributed by atoms with E-state index in [1.165, 1.54) is 25.3 Å². The zero-order valence-corrected chi connectivity index (χ0v) is 15.1. The third-order valence-corrected chi connectivity index (χ3v) is 4.03. The van der Waals surface area contributed by atoms with E-state index in [1.807, 2.05) is 0 Å². The number of aromatic nitrogens is 2. The molecule has 0 atom stereocenters.